The van der Waals surface area contributed by atoms with Crippen molar-refractivity contribution in [1.29, 1.82) is 0 Å². The van der Waals surface area contributed by atoms with Crippen molar-refractivity contribution in [3.8, 4) is 0 Å². The summed E-state index contributed by atoms with van der Waals surface area (Å²) >= 11 is 1.70. The summed E-state index contributed by atoms with van der Waals surface area (Å²) in [6, 6.07) is 12.3. The largest absolute Gasteiger partial charge is 0.354 e. The van der Waals surface area contributed by atoms with E-state index in [1.54, 1.807) is 23.9 Å². The van der Waals surface area contributed by atoms with Crippen molar-refractivity contribution >= 4 is 44.5 Å². The molecule has 0 fully saturated rings. The van der Waals surface area contributed by atoms with Crippen molar-refractivity contribution in [2.75, 3.05) is 5.43 Å². The Bertz CT molecular complexity index is 965. The SMILES string of the molecule is CCc1cc2c(N/N=C\c3cc4ccccc4[nH]3)ncnc2s1. The molecule has 0 aliphatic rings. The minimum absolute atomic E-state index is 0.735. The summed E-state index contributed by atoms with van der Waals surface area (Å²) in [7, 11) is 0. The Morgan fingerprint density at radius 2 is 2.17 bits per heavy atom. The fraction of sp³-hybridized carbons (Fsp3) is 0.118. The second-order valence-electron chi connectivity index (χ2n) is 5.19. The van der Waals surface area contributed by atoms with Gasteiger partial charge in [-0.3, -0.25) is 5.43 Å². The van der Waals surface area contributed by atoms with Crippen LogP contribution in [-0.2, 0) is 6.42 Å². The van der Waals surface area contributed by atoms with Gasteiger partial charge in [0.05, 0.1) is 17.3 Å². The van der Waals surface area contributed by atoms with E-state index in [4.69, 9.17) is 0 Å². The molecular weight excluding hydrogens is 306 g/mol. The van der Waals surface area contributed by atoms with Gasteiger partial charge in [-0.2, -0.15) is 5.10 Å². The van der Waals surface area contributed by atoms with Crippen LogP contribution in [0.5, 0.6) is 0 Å². The Hall–Kier alpha value is -2.73. The normalized spacial score (nSPS) is 11.7. The molecule has 3 aromatic heterocycles. The maximum atomic E-state index is 4.31. The van der Waals surface area contributed by atoms with Gasteiger partial charge >= 0.3 is 0 Å². The molecule has 4 aromatic rings. The highest BCUT2D eigenvalue weighted by Gasteiger charge is 2.07. The van der Waals surface area contributed by atoms with Crippen molar-refractivity contribution < 1.29 is 0 Å². The molecule has 4 rings (SSSR count). The zero-order valence-corrected chi connectivity index (χ0v) is 13.4. The molecule has 3 heterocycles. The summed E-state index contributed by atoms with van der Waals surface area (Å²) in [6.07, 6.45) is 4.33. The van der Waals surface area contributed by atoms with Crippen molar-refractivity contribution in [3.63, 3.8) is 0 Å². The van der Waals surface area contributed by atoms with Crippen LogP contribution in [0.1, 0.15) is 17.5 Å². The van der Waals surface area contributed by atoms with E-state index in [1.807, 2.05) is 18.2 Å². The fourth-order valence-corrected chi connectivity index (χ4v) is 3.43. The first-order chi connectivity index (χ1) is 11.3. The standard InChI is InChI=1S/C17H15N5S/c1-2-13-8-14-16(18-10-19-17(14)23-13)22-20-9-12-7-11-5-3-4-6-15(11)21-12/h3-10,21H,2H2,1H3,(H,18,19,22)/b20-9-. The first-order valence-corrected chi connectivity index (χ1v) is 8.25. The molecule has 114 valence electrons. The average Bonchev–Trinajstić information content (AvgIpc) is 3.18. The van der Waals surface area contributed by atoms with Gasteiger partial charge in [-0.1, -0.05) is 25.1 Å². The minimum Gasteiger partial charge on any atom is -0.354 e. The zero-order valence-electron chi connectivity index (χ0n) is 12.6. The number of aromatic amines is 1. The Morgan fingerprint density at radius 3 is 3.04 bits per heavy atom. The molecule has 0 aliphatic carbocycles. The van der Waals surface area contributed by atoms with Crippen molar-refractivity contribution in [1.82, 2.24) is 15.0 Å². The highest BCUT2D eigenvalue weighted by atomic mass is 32.1. The van der Waals surface area contributed by atoms with E-state index >= 15 is 0 Å². The molecule has 0 radical (unpaired) electrons. The third kappa shape index (κ3) is 2.68. The van der Waals surface area contributed by atoms with Crippen LogP contribution in [0.3, 0.4) is 0 Å². The molecule has 2 N–H and O–H groups in total. The van der Waals surface area contributed by atoms with E-state index in [1.165, 1.54) is 10.3 Å². The summed E-state index contributed by atoms with van der Waals surface area (Å²) in [5, 5.41) is 6.49. The van der Waals surface area contributed by atoms with Crippen LogP contribution in [0.2, 0.25) is 0 Å². The van der Waals surface area contributed by atoms with Gasteiger partial charge in [0.1, 0.15) is 11.2 Å². The number of aromatic nitrogens is 3. The monoisotopic (exact) mass is 321 g/mol. The topological polar surface area (TPSA) is 66.0 Å². The Balaban J connectivity index is 1.59. The van der Waals surface area contributed by atoms with Gasteiger partial charge in [-0.25, -0.2) is 9.97 Å². The van der Waals surface area contributed by atoms with Crippen LogP contribution in [0, 0.1) is 0 Å². The van der Waals surface area contributed by atoms with Gasteiger partial charge < -0.3 is 4.98 Å². The van der Waals surface area contributed by atoms with E-state index in [9.17, 15) is 0 Å². The van der Waals surface area contributed by atoms with Gasteiger partial charge in [0.25, 0.3) is 0 Å². The van der Waals surface area contributed by atoms with Gasteiger partial charge in [0.2, 0.25) is 0 Å². The van der Waals surface area contributed by atoms with Crippen molar-refractivity contribution in [2.24, 2.45) is 5.10 Å². The lowest BCUT2D eigenvalue weighted by Crippen LogP contribution is -1.94. The second-order valence-corrected chi connectivity index (χ2v) is 6.30. The van der Waals surface area contributed by atoms with Gasteiger partial charge in [-0.15, -0.1) is 11.3 Å². The Kier molecular flexibility index (Phi) is 3.51. The van der Waals surface area contributed by atoms with Gasteiger partial charge in [-0.05, 0) is 24.6 Å². The molecule has 0 spiro atoms. The van der Waals surface area contributed by atoms with Crippen LogP contribution < -0.4 is 5.43 Å². The summed E-state index contributed by atoms with van der Waals surface area (Å²) in [5.41, 5.74) is 5.07. The smallest absolute Gasteiger partial charge is 0.158 e. The Morgan fingerprint density at radius 1 is 1.26 bits per heavy atom. The number of para-hydroxylation sites is 1. The van der Waals surface area contributed by atoms with E-state index in [0.717, 1.165) is 33.7 Å². The van der Waals surface area contributed by atoms with E-state index in [0.29, 0.717) is 0 Å². The first kappa shape index (κ1) is 13.9. The predicted molar refractivity (Wildman–Crippen MR) is 96.3 cm³/mol. The molecular formula is C17H15N5S. The molecule has 23 heavy (non-hydrogen) atoms. The molecule has 0 saturated heterocycles. The van der Waals surface area contributed by atoms with Crippen molar-refractivity contribution in [3.05, 3.63) is 53.3 Å². The molecule has 0 atom stereocenters. The summed E-state index contributed by atoms with van der Waals surface area (Å²) in [6.45, 7) is 2.14. The number of fused-ring (bicyclic) bond motifs is 2. The molecule has 5 nitrogen and oxygen atoms in total. The molecule has 0 bridgehead atoms. The average molecular weight is 321 g/mol. The lowest BCUT2D eigenvalue weighted by Gasteiger charge is -1.99. The quantitative estimate of drug-likeness (QED) is 0.438. The number of hydrazone groups is 1. The molecule has 0 amide bonds. The molecule has 0 aliphatic heterocycles. The molecule has 0 saturated carbocycles. The second kappa shape index (κ2) is 5.81. The third-order valence-corrected chi connectivity index (χ3v) is 4.84. The van der Waals surface area contributed by atoms with E-state index in [-0.39, 0.29) is 0 Å². The van der Waals surface area contributed by atoms with Crippen LogP contribution in [0.4, 0.5) is 5.82 Å². The number of nitrogens with zero attached hydrogens (tertiary/aromatic N) is 3. The highest BCUT2D eigenvalue weighted by molar-refractivity contribution is 7.18. The van der Waals surface area contributed by atoms with E-state index in [2.05, 4.69) is 50.6 Å². The van der Waals surface area contributed by atoms with Crippen LogP contribution in [0.15, 0.2) is 47.8 Å². The number of rotatable bonds is 4. The molecule has 1 aromatic carbocycles. The molecule has 0 unspecified atom stereocenters. The number of nitrogens with one attached hydrogen (secondary N) is 2. The van der Waals surface area contributed by atoms with E-state index < -0.39 is 0 Å². The number of anilines is 1. The fourth-order valence-electron chi connectivity index (χ4n) is 2.50. The third-order valence-electron chi connectivity index (χ3n) is 3.65. The zero-order chi connectivity index (χ0) is 15.6. The first-order valence-electron chi connectivity index (χ1n) is 7.44. The number of thiophene rings is 1. The summed E-state index contributed by atoms with van der Waals surface area (Å²) < 4.78 is 0. The number of hydrogen-bond acceptors (Lipinski definition) is 5. The van der Waals surface area contributed by atoms with Crippen LogP contribution in [-0.4, -0.2) is 21.2 Å². The minimum atomic E-state index is 0.735. The lowest BCUT2D eigenvalue weighted by molar-refractivity contribution is 1.18. The van der Waals surface area contributed by atoms with Crippen molar-refractivity contribution in [2.45, 2.75) is 13.3 Å². The van der Waals surface area contributed by atoms with Gasteiger partial charge in [0, 0.05) is 15.8 Å². The van der Waals surface area contributed by atoms with Crippen LogP contribution >= 0.6 is 11.3 Å². The number of benzene rings is 1. The molecule has 6 heteroatoms. The highest BCUT2D eigenvalue weighted by Crippen LogP contribution is 2.28. The number of H-pyrrole nitrogens is 1. The number of aryl methyl sites for hydroxylation is 1. The van der Waals surface area contributed by atoms with Gasteiger partial charge in [0.15, 0.2) is 5.82 Å². The summed E-state index contributed by atoms with van der Waals surface area (Å²) in [5.74, 6) is 0.735. The lowest BCUT2D eigenvalue weighted by atomic mass is 10.2. The Labute approximate surface area is 137 Å². The summed E-state index contributed by atoms with van der Waals surface area (Å²) in [4.78, 5) is 14.2. The number of hydrogen-bond donors (Lipinski definition) is 2. The maximum Gasteiger partial charge on any atom is 0.158 e. The maximum absolute atomic E-state index is 4.31. The van der Waals surface area contributed by atoms with Crippen LogP contribution in [0.25, 0.3) is 21.1 Å². The predicted octanol–water partition coefficient (Wildman–Crippen LogP) is 4.18.